The lowest BCUT2D eigenvalue weighted by atomic mass is 10.1. The zero-order valence-electron chi connectivity index (χ0n) is 17.6. The van der Waals surface area contributed by atoms with Gasteiger partial charge in [-0.05, 0) is 11.1 Å². The minimum absolute atomic E-state index is 0.139. The van der Waals surface area contributed by atoms with E-state index in [0.29, 0.717) is 11.1 Å². The predicted molar refractivity (Wildman–Crippen MR) is 110 cm³/mol. The molecule has 0 aliphatic heterocycles. The van der Waals surface area contributed by atoms with Gasteiger partial charge in [-0.15, -0.1) is 0 Å². The Labute approximate surface area is 184 Å². The SMILES string of the molecule is COCCOCCOC(=O)/C(=C(/F)N(Cc1ccccc1)Cc1ccccc1)C(F)(F)F. The highest BCUT2D eigenvalue weighted by Gasteiger charge is 2.45. The summed E-state index contributed by atoms with van der Waals surface area (Å²) in [5.41, 5.74) is -0.818. The van der Waals surface area contributed by atoms with Crippen molar-refractivity contribution in [1.82, 2.24) is 4.90 Å². The van der Waals surface area contributed by atoms with Crippen LogP contribution in [0.1, 0.15) is 11.1 Å². The fourth-order valence-corrected chi connectivity index (χ4v) is 2.79. The summed E-state index contributed by atoms with van der Waals surface area (Å²) >= 11 is 0. The first-order chi connectivity index (χ1) is 15.3. The van der Waals surface area contributed by atoms with Gasteiger partial charge in [-0.1, -0.05) is 60.7 Å². The van der Waals surface area contributed by atoms with E-state index in [4.69, 9.17) is 9.47 Å². The molecule has 0 aromatic heterocycles. The van der Waals surface area contributed by atoms with E-state index in [1.165, 1.54) is 7.11 Å². The number of hydrogen-bond donors (Lipinski definition) is 0. The van der Waals surface area contributed by atoms with Crippen molar-refractivity contribution in [2.75, 3.05) is 33.5 Å². The molecule has 0 aliphatic rings. The molecule has 0 spiro atoms. The van der Waals surface area contributed by atoms with Crippen molar-refractivity contribution in [3.8, 4) is 0 Å². The Hall–Kier alpha value is -2.91. The molecule has 0 N–H and O–H groups in total. The number of alkyl halides is 3. The smallest absolute Gasteiger partial charge is 0.427 e. The summed E-state index contributed by atoms with van der Waals surface area (Å²) in [5.74, 6) is -3.49. The van der Waals surface area contributed by atoms with Crippen LogP contribution in [0.25, 0.3) is 0 Å². The number of ether oxygens (including phenoxy) is 3. The highest BCUT2D eigenvalue weighted by molar-refractivity contribution is 5.90. The number of esters is 1. The minimum atomic E-state index is -5.25. The summed E-state index contributed by atoms with van der Waals surface area (Å²) in [6.07, 6.45) is -5.25. The average Bonchev–Trinajstić information content (AvgIpc) is 2.76. The number of carbonyl (C=O) groups is 1. The Morgan fingerprint density at radius 1 is 0.844 bits per heavy atom. The van der Waals surface area contributed by atoms with Crippen LogP contribution < -0.4 is 0 Å². The number of rotatable bonds is 12. The minimum Gasteiger partial charge on any atom is -0.460 e. The third-order valence-corrected chi connectivity index (χ3v) is 4.30. The molecule has 5 nitrogen and oxygen atoms in total. The maximum atomic E-state index is 15.3. The summed E-state index contributed by atoms with van der Waals surface area (Å²) < 4.78 is 70.7. The lowest BCUT2D eigenvalue weighted by molar-refractivity contribution is -0.153. The molecule has 0 radical (unpaired) electrons. The number of carbonyl (C=O) groups excluding carboxylic acids is 1. The molecule has 2 aromatic carbocycles. The standard InChI is InChI=1S/C23H25F4NO4/c1-30-12-13-31-14-15-32-22(29)20(23(25,26)27)21(24)28(16-18-8-4-2-5-9-18)17-19-10-6-3-7-11-19/h2-11H,12-17H2,1H3/b21-20+. The molecule has 0 saturated heterocycles. The molecule has 0 fully saturated rings. The van der Waals surface area contributed by atoms with Crippen molar-refractivity contribution < 1.29 is 36.6 Å². The first-order valence-corrected chi connectivity index (χ1v) is 9.86. The number of methoxy groups -OCH3 is 1. The number of nitrogens with zero attached hydrogens (tertiary/aromatic N) is 1. The first-order valence-electron chi connectivity index (χ1n) is 9.86. The topological polar surface area (TPSA) is 48.0 Å². The normalized spacial score (nSPS) is 12.3. The highest BCUT2D eigenvalue weighted by Crippen LogP contribution is 2.32. The lowest BCUT2D eigenvalue weighted by Gasteiger charge is -2.25. The Kier molecular flexibility index (Phi) is 10.2. The van der Waals surface area contributed by atoms with E-state index in [0.717, 1.165) is 4.90 Å². The molecule has 0 heterocycles. The van der Waals surface area contributed by atoms with Gasteiger partial charge >= 0.3 is 12.1 Å². The summed E-state index contributed by atoms with van der Waals surface area (Å²) in [6, 6.07) is 16.9. The predicted octanol–water partition coefficient (Wildman–Crippen LogP) is 4.64. The van der Waals surface area contributed by atoms with Gasteiger partial charge < -0.3 is 19.1 Å². The van der Waals surface area contributed by atoms with E-state index in [1.807, 2.05) is 0 Å². The zero-order valence-corrected chi connectivity index (χ0v) is 17.6. The van der Waals surface area contributed by atoms with Gasteiger partial charge in [-0.25, -0.2) is 4.79 Å². The molecule has 32 heavy (non-hydrogen) atoms. The Morgan fingerprint density at radius 2 is 1.34 bits per heavy atom. The number of hydrogen-bond acceptors (Lipinski definition) is 5. The molecule has 0 atom stereocenters. The van der Waals surface area contributed by atoms with E-state index in [1.54, 1.807) is 60.7 Å². The van der Waals surface area contributed by atoms with Crippen LogP contribution in [-0.4, -0.2) is 50.6 Å². The number of benzene rings is 2. The molecule has 0 bridgehead atoms. The molecule has 174 valence electrons. The van der Waals surface area contributed by atoms with Crippen LogP contribution in [0.4, 0.5) is 17.6 Å². The van der Waals surface area contributed by atoms with E-state index < -0.39 is 30.3 Å². The van der Waals surface area contributed by atoms with Gasteiger partial charge in [-0.2, -0.15) is 17.6 Å². The summed E-state index contributed by atoms with van der Waals surface area (Å²) in [4.78, 5) is 13.0. The second kappa shape index (κ2) is 12.8. The molecule has 0 amide bonds. The molecule has 0 saturated carbocycles. The molecule has 0 aliphatic carbocycles. The van der Waals surface area contributed by atoms with E-state index >= 15 is 4.39 Å². The first kappa shape index (κ1) is 25.4. The Morgan fingerprint density at radius 3 is 1.81 bits per heavy atom. The van der Waals surface area contributed by atoms with Gasteiger partial charge in [0.15, 0.2) is 5.57 Å². The van der Waals surface area contributed by atoms with E-state index in [-0.39, 0.29) is 32.9 Å². The van der Waals surface area contributed by atoms with Gasteiger partial charge in [-0.3, -0.25) is 0 Å². The van der Waals surface area contributed by atoms with Crippen LogP contribution in [0.2, 0.25) is 0 Å². The third kappa shape index (κ3) is 8.32. The lowest BCUT2D eigenvalue weighted by Crippen LogP contribution is -2.30. The van der Waals surface area contributed by atoms with Crippen LogP contribution in [0.5, 0.6) is 0 Å². The molecule has 2 aromatic rings. The second-order valence-electron chi connectivity index (χ2n) is 6.73. The van der Waals surface area contributed by atoms with Crippen molar-refractivity contribution in [2.45, 2.75) is 19.3 Å². The monoisotopic (exact) mass is 455 g/mol. The second-order valence-corrected chi connectivity index (χ2v) is 6.73. The molecular weight excluding hydrogens is 430 g/mol. The Bertz CT molecular complexity index is 816. The van der Waals surface area contributed by atoms with Gasteiger partial charge in [0, 0.05) is 20.2 Å². The maximum Gasteiger partial charge on any atom is 0.427 e. The summed E-state index contributed by atoms with van der Waals surface area (Å²) in [5, 5.41) is 0. The van der Waals surface area contributed by atoms with Gasteiger partial charge in [0.2, 0.25) is 5.95 Å². The Balaban J connectivity index is 2.26. The van der Waals surface area contributed by atoms with Crippen LogP contribution in [-0.2, 0) is 32.1 Å². The third-order valence-electron chi connectivity index (χ3n) is 4.30. The van der Waals surface area contributed by atoms with Crippen molar-refractivity contribution in [3.63, 3.8) is 0 Å². The van der Waals surface area contributed by atoms with Gasteiger partial charge in [0.25, 0.3) is 0 Å². The quantitative estimate of drug-likeness (QED) is 0.153. The van der Waals surface area contributed by atoms with E-state index in [9.17, 15) is 18.0 Å². The average molecular weight is 455 g/mol. The molecule has 0 unspecified atom stereocenters. The molecular formula is C23H25F4NO4. The fraction of sp³-hybridized carbons (Fsp3) is 0.348. The summed E-state index contributed by atoms with van der Waals surface area (Å²) in [7, 11) is 1.46. The summed E-state index contributed by atoms with van der Waals surface area (Å²) in [6.45, 7) is -0.466. The fourth-order valence-electron chi connectivity index (χ4n) is 2.79. The highest BCUT2D eigenvalue weighted by atomic mass is 19.4. The van der Waals surface area contributed by atoms with E-state index in [2.05, 4.69) is 4.74 Å². The van der Waals surface area contributed by atoms with Crippen molar-refractivity contribution in [1.29, 1.82) is 0 Å². The van der Waals surface area contributed by atoms with Crippen LogP contribution in [0, 0.1) is 0 Å². The largest absolute Gasteiger partial charge is 0.460 e. The van der Waals surface area contributed by atoms with Crippen molar-refractivity contribution in [3.05, 3.63) is 83.3 Å². The van der Waals surface area contributed by atoms with Crippen molar-refractivity contribution in [2.24, 2.45) is 0 Å². The van der Waals surface area contributed by atoms with Gasteiger partial charge in [0.05, 0.1) is 19.8 Å². The van der Waals surface area contributed by atoms with Crippen LogP contribution in [0.3, 0.4) is 0 Å². The molecule has 9 heteroatoms. The van der Waals surface area contributed by atoms with Crippen LogP contribution in [0.15, 0.2) is 72.2 Å². The maximum absolute atomic E-state index is 15.3. The van der Waals surface area contributed by atoms with Crippen LogP contribution >= 0.6 is 0 Å². The van der Waals surface area contributed by atoms with Crippen molar-refractivity contribution >= 4 is 5.97 Å². The number of halogens is 4. The zero-order chi connectivity index (χ0) is 23.4. The van der Waals surface area contributed by atoms with Gasteiger partial charge in [0.1, 0.15) is 6.61 Å². The molecule has 2 rings (SSSR count).